The molecule has 0 aliphatic heterocycles. The maximum atomic E-state index is 11.2. The molecule has 0 radical (unpaired) electrons. The van der Waals surface area contributed by atoms with Crippen molar-refractivity contribution in [1.82, 2.24) is 19.7 Å². The van der Waals surface area contributed by atoms with Crippen LogP contribution in [0, 0.1) is 6.92 Å². The third-order valence-electron chi connectivity index (χ3n) is 3.66. The molecule has 2 aromatic heterocycles. The number of primary sulfonamides is 1. The molecule has 0 amide bonds. The van der Waals surface area contributed by atoms with Gasteiger partial charge in [0.25, 0.3) is 0 Å². The van der Waals surface area contributed by atoms with E-state index in [2.05, 4.69) is 20.4 Å². The van der Waals surface area contributed by atoms with Crippen molar-refractivity contribution in [2.24, 2.45) is 12.2 Å². The minimum Gasteiger partial charge on any atom is -0.369 e. The number of rotatable bonds is 5. The monoisotopic (exact) mass is 346 g/mol. The van der Waals surface area contributed by atoms with Crippen LogP contribution in [0.2, 0.25) is 0 Å². The van der Waals surface area contributed by atoms with Crippen molar-refractivity contribution in [3.05, 3.63) is 41.9 Å². The molecule has 24 heavy (non-hydrogen) atoms. The Bertz CT molecular complexity index is 979. The van der Waals surface area contributed by atoms with E-state index >= 15 is 0 Å². The Kier molecular flexibility index (Phi) is 4.20. The van der Waals surface area contributed by atoms with Gasteiger partial charge in [0.05, 0.1) is 16.5 Å². The van der Waals surface area contributed by atoms with Gasteiger partial charge in [0.2, 0.25) is 10.0 Å². The van der Waals surface area contributed by atoms with Gasteiger partial charge in [-0.15, -0.1) is 0 Å². The van der Waals surface area contributed by atoms with Gasteiger partial charge in [-0.2, -0.15) is 5.10 Å². The van der Waals surface area contributed by atoms with Crippen LogP contribution in [0.25, 0.3) is 11.0 Å². The molecule has 3 N–H and O–H groups in total. The van der Waals surface area contributed by atoms with Crippen LogP contribution < -0.4 is 10.5 Å². The normalized spacial score (nSPS) is 11.8. The maximum absolute atomic E-state index is 11.2. The van der Waals surface area contributed by atoms with E-state index in [-0.39, 0.29) is 4.90 Å². The molecule has 3 rings (SSSR count). The fourth-order valence-corrected chi connectivity index (χ4v) is 2.95. The molecule has 2 heterocycles. The van der Waals surface area contributed by atoms with Gasteiger partial charge in [-0.1, -0.05) is 12.1 Å². The predicted octanol–water partition coefficient (Wildman–Crippen LogP) is 0.974. The number of aromatic nitrogens is 4. The van der Waals surface area contributed by atoms with Crippen molar-refractivity contribution < 1.29 is 8.42 Å². The molecule has 0 bridgehead atoms. The topological polar surface area (TPSA) is 116 Å². The molecule has 0 aliphatic carbocycles. The van der Waals surface area contributed by atoms with E-state index < -0.39 is 10.0 Å². The first-order chi connectivity index (χ1) is 11.3. The van der Waals surface area contributed by atoms with E-state index in [1.54, 1.807) is 23.0 Å². The zero-order chi connectivity index (χ0) is 17.3. The summed E-state index contributed by atoms with van der Waals surface area (Å²) in [5, 5.41) is 13.4. The van der Waals surface area contributed by atoms with Crippen LogP contribution in [-0.2, 0) is 23.5 Å². The van der Waals surface area contributed by atoms with Crippen molar-refractivity contribution in [2.45, 2.75) is 18.2 Å². The number of fused-ring (bicyclic) bond motifs is 1. The second-order valence-corrected chi connectivity index (χ2v) is 7.05. The minimum atomic E-state index is -3.65. The standard InChI is InChI=1S/C15H18N6O2S/c1-10-19-14(13-9-18-21(2)15(13)20-10)17-8-7-11-3-5-12(6-4-11)24(16,22)23/h3-6,9H,7-8H2,1-2H3,(H2,16,22,23)(H,17,19,20). The van der Waals surface area contributed by atoms with Crippen molar-refractivity contribution in [3.8, 4) is 0 Å². The van der Waals surface area contributed by atoms with E-state index in [0.29, 0.717) is 12.4 Å². The summed E-state index contributed by atoms with van der Waals surface area (Å²) in [6.07, 6.45) is 2.45. The largest absolute Gasteiger partial charge is 0.369 e. The Morgan fingerprint density at radius 2 is 1.92 bits per heavy atom. The summed E-state index contributed by atoms with van der Waals surface area (Å²) in [7, 11) is -1.81. The first-order valence-corrected chi connectivity index (χ1v) is 8.91. The minimum absolute atomic E-state index is 0.114. The molecule has 0 atom stereocenters. The van der Waals surface area contributed by atoms with Gasteiger partial charge < -0.3 is 5.32 Å². The lowest BCUT2D eigenvalue weighted by atomic mass is 10.1. The van der Waals surface area contributed by atoms with E-state index in [0.717, 1.165) is 28.8 Å². The summed E-state index contributed by atoms with van der Waals surface area (Å²) < 4.78 is 24.2. The fourth-order valence-electron chi connectivity index (χ4n) is 2.44. The highest BCUT2D eigenvalue weighted by molar-refractivity contribution is 7.89. The lowest BCUT2D eigenvalue weighted by Crippen LogP contribution is -2.12. The summed E-state index contributed by atoms with van der Waals surface area (Å²) in [4.78, 5) is 8.91. The number of sulfonamides is 1. The van der Waals surface area contributed by atoms with Gasteiger partial charge in [0, 0.05) is 13.6 Å². The average molecular weight is 346 g/mol. The average Bonchev–Trinajstić information content (AvgIpc) is 2.88. The quantitative estimate of drug-likeness (QED) is 0.711. The van der Waals surface area contributed by atoms with E-state index in [1.807, 2.05) is 14.0 Å². The fraction of sp³-hybridized carbons (Fsp3) is 0.267. The van der Waals surface area contributed by atoms with Gasteiger partial charge in [-0.25, -0.2) is 23.5 Å². The zero-order valence-corrected chi connectivity index (χ0v) is 14.2. The maximum Gasteiger partial charge on any atom is 0.238 e. The number of hydrogen-bond donors (Lipinski definition) is 2. The van der Waals surface area contributed by atoms with Gasteiger partial charge in [0.1, 0.15) is 11.6 Å². The van der Waals surface area contributed by atoms with Crippen LogP contribution in [0.15, 0.2) is 35.4 Å². The lowest BCUT2D eigenvalue weighted by Gasteiger charge is -2.08. The number of aryl methyl sites for hydroxylation is 2. The van der Waals surface area contributed by atoms with Crippen LogP contribution >= 0.6 is 0 Å². The predicted molar refractivity (Wildman–Crippen MR) is 91.0 cm³/mol. The van der Waals surface area contributed by atoms with Crippen molar-refractivity contribution in [1.29, 1.82) is 0 Å². The third kappa shape index (κ3) is 3.36. The van der Waals surface area contributed by atoms with Gasteiger partial charge in [-0.05, 0) is 31.0 Å². The van der Waals surface area contributed by atoms with Crippen LogP contribution in [-0.4, -0.2) is 34.7 Å². The van der Waals surface area contributed by atoms with Crippen molar-refractivity contribution in [2.75, 3.05) is 11.9 Å². The van der Waals surface area contributed by atoms with Gasteiger partial charge >= 0.3 is 0 Å². The second kappa shape index (κ2) is 6.17. The first kappa shape index (κ1) is 16.3. The summed E-state index contributed by atoms with van der Waals surface area (Å²) in [5.74, 6) is 1.41. The van der Waals surface area contributed by atoms with Gasteiger partial charge in [0.15, 0.2) is 5.65 Å². The van der Waals surface area contributed by atoms with Crippen LogP contribution in [0.5, 0.6) is 0 Å². The Morgan fingerprint density at radius 1 is 1.21 bits per heavy atom. The molecule has 0 spiro atoms. The highest BCUT2D eigenvalue weighted by atomic mass is 32.2. The number of nitrogens with one attached hydrogen (secondary N) is 1. The Morgan fingerprint density at radius 3 is 2.58 bits per heavy atom. The molecule has 0 aliphatic rings. The lowest BCUT2D eigenvalue weighted by molar-refractivity contribution is 0.598. The summed E-state index contributed by atoms with van der Waals surface area (Å²) >= 11 is 0. The summed E-state index contributed by atoms with van der Waals surface area (Å²) in [5.41, 5.74) is 1.78. The van der Waals surface area contributed by atoms with E-state index in [4.69, 9.17) is 5.14 Å². The summed E-state index contributed by atoms with van der Waals surface area (Å²) in [6.45, 7) is 2.48. The molecule has 3 aromatic rings. The molecule has 0 saturated carbocycles. The molecular weight excluding hydrogens is 328 g/mol. The number of anilines is 1. The highest BCUT2D eigenvalue weighted by Crippen LogP contribution is 2.19. The number of hydrogen-bond acceptors (Lipinski definition) is 6. The molecule has 1 aromatic carbocycles. The third-order valence-corrected chi connectivity index (χ3v) is 4.59. The smallest absolute Gasteiger partial charge is 0.238 e. The Hall–Kier alpha value is -2.52. The molecular formula is C15H18N6O2S. The van der Waals surface area contributed by atoms with Crippen LogP contribution in [0.4, 0.5) is 5.82 Å². The first-order valence-electron chi connectivity index (χ1n) is 7.36. The van der Waals surface area contributed by atoms with Crippen LogP contribution in [0.1, 0.15) is 11.4 Å². The molecule has 126 valence electrons. The zero-order valence-electron chi connectivity index (χ0n) is 13.4. The number of benzene rings is 1. The number of nitrogens with two attached hydrogens (primary N) is 1. The van der Waals surface area contributed by atoms with Crippen molar-refractivity contribution >= 4 is 26.9 Å². The molecule has 0 unspecified atom stereocenters. The molecule has 9 heteroatoms. The highest BCUT2D eigenvalue weighted by Gasteiger charge is 2.10. The Labute approximate surface area is 139 Å². The van der Waals surface area contributed by atoms with E-state index in [1.165, 1.54) is 12.1 Å². The molecule has 0 fully saturated rings. The molecule has 8 nitrogen and oxygen atoms in total. The van der Waals surface area contributed by atoms with Crippen molar-refractivity contribution in [3.63, 3.8) is 0 Å². The number of nitrogens with zero attached hydrogens (tertiary/aromatic N) is 4. The van der Waals surface area contributed by atoms with Gasteiger partial charge in [-0.3, -0.25) is 4.68 Å². The second-order valence-electron chi connectivity index (χ2n) is 5.49. The molecule has 0 saturated heterocycles. The summed E-state index contributed by atoms with van der Waals surface area (Å²) in [6, 6.07) is 6.54. The van der Waals surface area contributed by atoms with Crippen LogP contribution in [0.3, 0.4) is 0 Å². The SMILES string of the molecule is Cc1nc(NCCc2ccc(S(N)(=O)=O)cc2)c2cnn(C)c2n1. The Balaban J connectivity index is 1.71. The van der Waals surface area contributed by atoms with E-state index in [9.17, 15) is 8.42 Å².